The highest BCUT2D eigenvalue weighted by atomic mass is 16.3. The summed E-state index contributed by atoms with van der Waals surface area (Å²) < 4.78 is 0. The summed E-state index contributed by atoms with van der Waals surface area (Å²) in [5.41, 5.74) is 1.52. The summed E-state index contributed by atoms with van der Waals surface area (Å²) in [5, 5.41) is 19.2. The highest BCUT2D eigenvalue weighted by molar-refractivity contribution is 5.53. The molecule has 0 aliphatic rings. The maximum Gasteiger partial charge on any atom is 0.123 e. The fraction of sp³-hybridized carbons (Fsp3) is 0.538. The zero-order chi connectivity index (χ0) is 13.0. The quantitative estimate of drug-likeness (QED) is 0.815. The normalized spacial score (nSPS) is 12.8. The minimum absolute atomic E-state index is 0.147. The molecule has 4 nitrogen and oxygen atoms in total. The Hall–Kier alpha value is -1.26. The maximum atomic E-state index is 9.79. The van der Waals surface area contributed by atoms with Crippen LogP contribution >= 0.6 is 0 Å². The van der Waals surface area contributed by atoms with Gasteiger partial charge in [0.1, 0.15) is 5.75 Å². The Morgan fingerprint density at radius 1 is 1.18 bits per heavy atom. The van der Waals surface area contributed by atoms with Crippen molar-refractivity contribution in [3.05, 3.63) is 23.8 Å². The van der Waals surface area contributed by atoms with Gasteiger partial charge in [-0.15, -0.1) is 0 Å². The molecule has 1 aromatic rings. The van der Waals surface area contributed by atoms with Crippen molar-refractivity contribution in [3.8, 4) is 5.75 Å². The van der Waals surface area contributed by atoms with Gasteiger partial charge < -0.3 is 20.0 Å². The molecule has 0 saturated carbocycles. The molecule has 0 aromatic heterocycles. The van der Waals surface area contributed by atoms with Crippen molar-refractivity contribution >= 4 is 5.69 Å². The summed E-state index contributed by atoms with van der Waals surface area (Å²) >= 11 is 0. The van der Waals surface area contributed by atoms with Crippen LogP contribution < -0.4 is 4.90 Å². The maximum absolute atomic E-state index is 9.79. The van der Waals surface area contributed by atoms with Crippen molar-refractivity contribution in [2.75, 3.05) is 39.1 Å². The lowest BCUT2D eigenvalue weighted by atomic mass is 10.1. The second kappa shape index (κ2) is 5.89. The lowest BCUT2D eigenvalue weighted by molar-refractivity contribution is 0.195. The van der Waals surface area contributed by atoms with Gasteiger partial charge in [0.2, 0.25) is 0 Å². The summed E-state index contributed by atoms with van der Waals surface area (Å²) in [6, 6.07) is 5.37. The van der Waals surface area contributed by atoms with E-state index in [1.165, 1.54) is 0 Å². The zero-order valence-corrected chi connectivity index (χ0v) is 11.0. The molecule has 1 unspecified atom stereocenters. The average Bonchev–Trinajstić information content (AvgIpc) is 2.25. The van der Waals surface area contributed by atoms with Gasteiger partial charge in [0.15, 0.2) is 0 Å². The first-order valence-electron chi connectivity index (χ1n) is 5.78. The largest absolute Gasteiger partial charge is 0.507 e. The van der Waals surface area contributed by atoms with E-state index in [0.29, 0.717) is 5.56 Å². The smallest absolute Gasteiger partial charge is 0.123 e. The molecule has 0 aliphatic carbocycles. The van der Waals surface area contributed by atoms with Crippen molar-refractivity contribution in [2.45, 2.75) is 13.0 Å². The minimum Gasteiger partial charge on any atom is -0.507 e. The van der Waals surface area contributed by atoms with Gasteiger partial charge in [0.25, 0.3) is 0 Å². The first-order chi connectivity index (χ1) is 7.91. The summed E-state index contributed by atoms with van der Waals surface area (Å²) in [5.74, 6) is 0.147. The topological polar surface area (TPSA) is 46.9 Å². The molecule has 0 aliphatic heterocycles. The molecule has 0 bridgehead atoms. The molecule has 96 valence electrons. The van der Waals surface area contributed by atoms with Crippen molar-refractivity contribution in [1.29, 1.82) is 0 Å². The molecule has 0 amide bonds. The van der Waals surface area contributed by atoms with Gasteiger partial charge in [-0.2, -0.15) is 0 Å². The van der Waals surface area contributed by atoms with E-state index in [2.05, 4.69) is 9.80 Å². The van der Waals surface area contributed by atoms with Crippen LogP contribution in [-0.2, 0) is 0 Å². The van der Waals surface area contributed by atoms with E-state index >= 15 is 0 Å². The lowest BCUT2D eigenvalue weighted by Gasteiger charge is -2.22. The number of aliphatic hydroxyl groups excluding tert-OH is 1. The fourth-order valence-corrected chi connectivity index (χ4v) is 1.60. The van der Waals surface area contributed by atoms with Crippen LogP contribution in [-0.4, -0.2) is 49.3 Å². The number of hydrogen-bond acceptors (Lipinski definition) is 4. The molecule has 1 rings (SSSR count). The highest BCUT2D eigenvalue weighted by Crippen LogP contribution is 2.28. The van der Waals surface area contributed by atoms with Gasteiger partial charge in [-0.1, -0.05) is 6.07 Å². The van der Waals surface area contributed by atoms with Crippen molar-refractivity contribution in [2.24, 2.45) is 0 Å². The van der Waals surface area contributed by atoms with E-state index in [1.54, 1.807) is 19.1 Å². The zero-order valence-electron chi connectivity index (χ0n) is 11.0. The third-order valence-corrected chi connectivity index (χ3v) is 2.79. The number of rotatable bonds is 5. The van der Waals surface area contributed by atoms with Gasteiger partial charge in [-0.05, 0) is 27.1 Å². The summed E-state index contributed by atoms with van der Waals surface area (Å²) in [6.45, 7) is 3.49. The van der Waals surface area contributed by atoms with Gasteiger partial charge in [0, 0.05) is 37.5 Å². The first-order valence-corrected chi connectivity index (χ1v) is 5.78. The predicted molar refractivity (Wildman–Crippen MR) is 70.6 cm³/mol. The van der Waals surface area contributed by atoms with Crippen LogP contribution in [0.3, 0.4) is 0 Å². The molecule has 4 heteroatoms. The minimum atomic E-state index is -0.642. The Morgan fingerprint density at radius 2 is 1.82 bits per heavy atom. The van der Waals surface area contributed by atoms with Crippen LogP contribution in [0.15, 0.2) is 18.2 Å². The number of anilines is 1. The third kappa shape index (κ3) is 3.91. The third-order valence-electron chi connectivity index (χ3n) is 2.79. The van der Waals surface area contributed by atoms with Crippen LogP contribution in [0, 0.1) is 0 Å². The molecule has 17 heavy (non-hydrogen) atoms. The summed E-state index contributed by atoms with van der Waals surface area (Å²) in [7, 11) is 6.05. The number of phenols is 1. The van der Waals surface area contributed by atoms with Crippen molar-refractivity contribution in [3.63, 3.8) is 0 Å². The molecule has 1 atom stereocenters. The van der Waals surface area contributed by atoms with E-state index in [4.69, 9.17) is 0 Å². The van der Waals surface area contributed by atoms with E-state index in [1.807, 2.05) is 27.2 Å². The SMILES string of the molecule is CC(O)c1ccc(N(C)CCN(C)C)cc1O. The standard InChI is InChI=1S/C13H22N2O2/c1-10(16)12-6-5-11(9-13(12)17)15(4)8-7-14(2)3/h5-6,9-10,16-17H,7-8H2,1-4H3. The van der Waals surface area contributed by atoms with Gasteiger partial charge >= 0.3 is 0 Å². The Kier molecular flexibility index (Phi) is 4.78. The van der Waals surface area contributed by atoms with E-state index in [9.17, 15) is 10.2 Å². The number of aliphatic hydroxyl groups is 1. The molecule has 1 aromatic carbocycles. The average molecular weight is 238 g/mol. The fourth-order valence-electron chi connectivity index (χ4n) is 1.60. The first kappa shape index (κ1) is 13.8. The Morgan fingerprint density at radius 3 is 2.29 bits per heavy atom. The lowest BCUT2D eigenvalue weighted by Crippen LogP contribution is -2.28. The number of nitrogens with zero attached hydrogens (tertiary/aromatic N) is 2. The highest BCUT2D eigenvalue weighted by Gasteiger charge is 2.09. The number of phenolic OH excluding ortho intramolecular Hbond substituents is 1. The van der Waals surface area contributed by atoms with Gasteiger partial charge in [0.05, 0.1) is 6.10 Å². The molecule has 0 radical (unpaired) electrons. The van der Waals surface area contributed by atoms with Crippen LogP contribution in [0.5, 0.6) is 5.75 Å². The van der Waals surface area contributed by atoms with E-state index < -0.39 is 6.10 Å². The second-order valence-electron chi connectivity index (χ2n) is 4.64. The number of benzene rings is 1. The Balaban J connectivity index is 2.75. The summed E-state index contributed by atoms with van der Waals surface area (Å²) in [6.07, 6.45) is -0.642. The van der Waals surface area contributed by atoms with Crippen LogP contribution in [0.4, 0.5) is 5.69 Å². The van der Waals surface area contributed by atoms with E-state index in [0.717, 1.165) is 18.8 Å². The molecule has 0 heterocycles. The van der Waals surface area contributed by atoms with Gasteiger partial charge in [-0.3, -0.25) is 0 Å². The molecule has 2 N–H and O–H groups in total. The van der Waals surface area contributed by atoms with Crippen LogP contribution in [0.1, 0.15) is 18.6 Å². The van der Waals surface area contributed by atoms with Gasteiger partial charge in [-0.25, -0.2) is 0 Å². The molecule has 0 fully saturated rings. The second-order valence-corrected chi connectivity index (χ2v) is 4.64. The Labute approximate surface area is 103 Å². The Bertz CT molecular complexity index is 364. The number of hydrogen-bond donors (Lipinski definition) is 2. The van der Waals surface area contributed by atoms with Crippen LogP contribution in [0.2, 0.25) is 0 Å². The van der Waals surface area contributed by atoms with Crippen molar-refractivity contribution < 1.29 is 10.2 Å². The summed E-state index contributed by atoms with van der Waals surface area (Å²) in [4.78, 5) is 4.19. The molecule has 0 saturated heterocycles. The van der Waals surface area contributed by atoms with Crippen molar-refractivity contribution in [1.82, 2.24) is 4.90 Å². The van der Waals surface area contributed by atoms with E-state index in [-0.39, 0.29) is 5.75 Å². The number of aromatic hydroxyl groups is 1. The molecular weight excluding hydrogens is 216 g/mol. The van der Waals surface area contributed by atoms with Crippen LogP contribution in [0.25, 0.3) is 0 Å². The monoisotopic (exact) mass is 238 g/mol. The predicted octanol–water partition coefficient (Wildman–Crippen LogP) is 1.44. The number of likely N-dealkylation sites (N-methyl/N-ethyl adjacent to an activating group) is 2. The molecular formula is C13H22N2O2. The molecule has 0 spiro atoms.